The third-order valence-corrected chi connectivity index (χ3v) is 4.18. The molecule has 1 N–H and O–H groups in total. The number of benzene rings is 1. The van der Waals surface area contributed by atoms with Crippen molar-refractivity contribution in [2.24, 2.45) is 0 Å². The van der Waals surface area contributed by atoms with Crippen LogP contribution in [0.15, 0.2) is 30.3 Å². The zero-order valence-corrected chi connectivity index (χ0v) is 14.0. The van der Waals surface area contributed by atoms with E-state index >= 15 is 0 Å². The second-order valence-corrected chi connectivity index (χ2v) is 6.01. The number of aromatic nitrogens is 3. The molecule has 4 nitrogen and oxygen atoms in total. The Balaban J connectivity index is 2.01. The van der Waals surface area contributed by atoms with E-state index in [1.165, 1.54) is 11.1 Å². The lowest BCUT2D eigenvalue weighted by Crippen LogP contribution is -2.06. The number of pyridine rings is 1. The molecule has 0 saturated heterocycles. The van der Waals surface area contributed by atoms with Gasteiger partial charge >= 0.3 is 0 Å². The van der Waals surface area contributed by atoms with Crippen LogP contribution in [0, 0.1) is 13.8 Å². The van der Waals surface area contributed by atoms with E-state index in [1.807, 2.05) is 6.92 Å². The third kappa shape index (κ3) is 3.13. The highest BCUT2D eigenvalue weighted by Gasteiger charge is 2.13. The molecule has 0 aliphatic carbocycles. The summed E-state index contributed by atoms with van der Waals surface area (Å²) < 4.78 is 2.22. The fourth-order valence-corrected chi connectivity index (χ4v) is 3.01. The summed E-state index contributed by atoms with van der Waals surface area (Å²) in [6.45, 7) is 7.21. The predicted molar refractivity (Wildman–Crippen MR) is 92.7 cm³/mol. The van der Waals surface area contributed by atoms with Crippen molar-refractivity contribution in [1.82, 2.24) is 14.5 Å². The van der Waals surface area contributed by atoms with Crippen molar-refractivity contribution >= 4 is 11.2 Å². The van der Waals surface area contributed by atoms with Crippen molar-refractivity contribution in [2.45, 2.75) is 40.2 Å². The number of hydrogen-bond acceptors (Lipinski definition) is 3. The fraction of sp³-hybridized carbons (Fsp3) is 0.368. The van der Waals surface area contributed by atoms with Gasteiger partial charge in [-0.1, -0.05) is 31.2 Å². The summed E-state index contributed by atoms with van der Waals surface area (Å²) in [7, 11) is 0. The van der Waals surface area contributed by atoms with Gasteiger partial charge in [-0.25, -0.2) is 9.97 Å². The molecule has 4 heteroatoms. The fourth-order valence-electron chi connectivity index (χ4n) is 3.01. The molecule has 0 spiro atoms. The molecular weight excluding hydrogens is 286 g/mol. The summed E-state index contributed by atoms with van der Waals surface area (Å²) in [5.41, 5.74) is 6.56. The summed E-state index contributed by atoms with van der Waals surface area (Å²) >= 11 is 0. The number of imidazole rings is 1. The number of nitrogens with zero attached hydrogens (tertiary/aromatic N) is 3. The first kappa shape index (κ1) is 15.7. The number of aliphatic hydroxyl groups is 1. The molecule has 23 heavy (non-hydrogen) atoms. The van der Waals surface area contributed by atoms with E-state index < -0.39 is 0 Å². The highest BCUT2D eigenvalue weighted by Crippen LogP contribution is 2.21. The van der Waals surface area contributed by atoms with Gasteiger partial charge in [0.2, 0.25) is 0 Å². The van der Waals surface area contributed by atoms with Crippen LogP contribution in [-0.4, -0.2) is 26.2 Å². The monoisotopic (exact) mass is 309 g/mol. The zero-order valence-electron chi connectivity index (χ0n) is 14.0. The van der Waals surface area contributed by atoms with Gasteiger partial charge in [0.15, 0.2) is 5.65 Å². The molecule has 0 unspecified atom stereocenters. The highest BCUT2D eigenvalue weighted by molar-refractivity contribution is 5.76. The standard InChI is InChI=1S/C19H23N3O/c1-4-17-21-18-13(2)11-14(3)20-19(18)22(17)12-16-7-5-15(6-8-16)9-10-23/h5-8,11,23H,4,9-10,12H2,1-3H3. The van der Waals surface area contributed by atoms with Crippen molar-refractivity contribution in [3.63, 3.8) is 0 Å². The Bertz CT molecular complexity index is 819. The van der Waals surface area contributed by atoms with Crippen molar-refractivity contribution in [1.29, 1.82) is 0 Å². The van der Waals surface area contributed by atoms with Gasteiger partial charge in [0.25, 0.3) is 0 Å². The van der Waals surface area contributed by atoms with Crippen LogP contribution in [0.4, 0.5) is 0 Å². The first-order valence-corrected chi connectivity index (χ1v) is 8.14. The van der Waals surface area contributed by atoms with Gasteiger partial charge < -0.3 is 9.67 Å². The Morgan fingerprint density at radius 1 is 1.04 bits per heavy atom. The summed E-state index contributed by atoms with van der Waals surface area (Å²) in [5.74, 6) is 1.07. The van der Waals surface area contributed by atoms with Crippen LogP contribution in [0.5, 0.6) is 0 Å². The molecule has 2 aromatic heterocycles. The van der Waals surface area contributed by atoms with Crippen molar-refractivity contribution in [2.75, 3.05) is 6.61 Å². The van der Waals surface area contributed by atoms with E-state index in [2.05, 4.69) is 48.7 Å². The Labute approximate surface area is 136 Å². The second-order valence-electron chi connectivity index (χ2n) is 6.01. The minimum absolute atomic E-state index is 0.188. The Morgan fingerprint density at radius 2 is 1.74 bits per heavy atom. The summed E-state index contributed by atoms with van der Waals surface area (Å²) in [5, 5.41) is 9.01. The SMILES string of the molecule is CCc1nc2c(C)cc(C)nc2n1Cc1ccc(CCO)cc1. The first-order chi connectivity index (χ1) is 11.1. The highest BCUT2D eigenvalue weighted by atomic mass is 16.2. The first-order valence-electron chi connectivity index (χ1n) is 8.14. The molecule has 0 saturated carbocycles. The quantitative estimate of drug-likeness (QED) is 0.787. The average Bonchev–Trinajstić information content (AvgIpc) is 2.88. The molecule has 0 atom stereocenters. The average molecular weight is 309 g/mol. The number of rotatable bonds is 5. The minimum Gasteiger partial charge on any atom is -0.396 e. The molecule has 3 rings (SSSR count). The molecule has 0 aliphatic heterocycles. The van der Waals surface area contributed by atoms with E-state index in [9.17, 15) is 0 Å². The molecule has 0 radical (unpaired) electrons. The Morgan fingerprint density at radius 3 is 2.39 bits per heavy atom. The third-order valence-electron chi connectivity index (χ3n) is 4.18. The molecule has 1 aromatic carbocycles. The van der Waals surface area contributed by atoms with E-state index in [0.29, 0.717) is 6.42 Å². The molecule has 3 aromatic rings. The van der Waals surface area contributed by atoms with Crippen LogP contribution >= 0.6 is 0 Å². The van der Waals surface area contributed by atoms with Crippen LogP contribution in [0.1, 0.15) is 35.1 Å². The van der Waals surface area contributed by atoms with E-state index in [-0.39, 0.29) is 6.61 Å². The molecule has 120 valence electrons. The lowest BCUT2D eigenvalue weighted by Gasteiger charge is -2.09. The molecule has 0 fully saturated rings. The maximum Gasteiger partial charge on any atom is 0.160 e. The molecule has 0 bridgehead atoms. The lowest BCUT2D eigenvalue weighted by molar-refractivity contribution is 0.299. The van der Waals surface area contributed by atoms with Crippen LogP contribution in [0.25, 0.3) is 11.2 Å². The van der Waals surface area contributed by atoms with Crippen LogP contribution in [0.3, 0.4) is 0 Å². The van der Waals surface area contributed by atoms with Gasteiger partial charge in [0.05, 0.1) is 6.54 Å². The van der Waals surface area contributed by atoms with Crippen molar-refractivity contribution in [3.8, 4) is 0 Å². The molecule has 2 heterocycles. The maximum absolute atomic E-state index is 9.01. The topological polar surface area (TPSA) is 50.9 Å². The van der Waals surface area contributed by atoms with Gasteiger partial charge in [0, 0.05) is 18.7 Å². The second kappa shape index (κ2) is 6.50. The normalized spacial score (nSPS) is 11.3. The van der Waals surface area contributed by atoms with Gasteiger partial charge in [-0.15, -0.1) is 0 Å². The zero-order chi connectivity index (χ0) is 16.4. The van der Waals surface area contributed by atoms with Gasteiger partial charge in [-0.3, -0.25) is 0 Å². The van der Waals surface area contributed by atoms with E-state index in [1.54, 1.807) is 0 Å². The van der Waals surface area contributed by atoms with Crippen LogP contribution < -0.4 is 0 Å². The lowest BCUT2D eigenvalue weighted by atomic mass is 10.1. The van der Waals surface area contributed by atoms with Gasteiger partial charge in [-0.2, -0.15) is 0 Å². The van der Waals surface area contributed by atoms with Gasteiger partial charge in [-0.05, 0) is 43.0 Å². The summed E-state index contributed by atoms with van der Waals surface area (Å²) in [6.07, 6.45) is 1.59. The number of fused-ring (bicyclic) bond motifs is 1. The molecular formula is C19H23N3O. The number of hydrogen-bond donors (Lipinski definition) is 1. The maximum atomic E-state index is 9.01. The number of aliphatic hydroxyl groups excluding tert-OH is 1. The smallest absolute Gasteiger partial charge is 0.160 e. The van der Waals surface area contributed by atoms with Crippen molar-refractivity contribution in [3.05, 3.63) is 58.5 Å². The number of aryl methyl sites for hydroxylation is 3. The minimum atomic E-state index is 0.188. The molecule has 0 aliphatic rings. The van der Waals surface area contributed by atoms with E-state index in [0.717, 1.165) is 41.2 Å². The predicted octanol–water partition coefficient (Wildman–Crippen LogP) is 3.19. The van der Waals surface area contributed by atoms with Crippen LogP contribution in [0.2, 0.25) is 0 Å². The van der Waals surface area contributed by atoms with E-state index in [4.69, 9.17) is 15.1 Å². The largest absolute Gasteiger partial charge is 0.396 e. The van der Waals surface area contributed by atoms with Gasteiger partial charge in [0.1, 0.15) is 11.3 Å². The Hall–Kier alpha value is -2.20. The van der Waals surface area contributed by atoms with Crippen LogP contribution in [-0.2, 0) is 19.4 Å². The summed E-state index contributed by atoms with van der Waals surface area (Å²) in [6, 6.07) is 10.5. The van der Waals surface area contributed by atoms with Crippen molar-refractivity contribution < 1.29 is 5.11 Å². The summed E-state index contributed by atoms with van der Waals surface area (Å²) in [4.78, 5) is 9.50. The molecule has 0 amide bonds. The Kier molecular flexibility index (Phi) is 4.44.